The summed E-state index contributed by atoms with van der Waals surface area (Å²) in [5.41, 5.74) is 12.6. The highest BCUT2D eigenvalue weighted by Gasteiger charge is 2.08. The normalized spacial score (nSPS) is 15.3. The molecule has 4 N–H and O–H groups in total. The van der Waals surface area contributed by atoms with Gasteiger partial charge >= 0.3 is 0 Å². The van der Waals surface area contributed by atoms with Crippen LogP contribution in [0.4, 0.5) is 0 Å². The Kier molecular flexibility index (Phi) is 3.93. The third-order valence-electron chi connectivity index (χ3n) is 2.33. The molecule has 0 aliphatic carbocycles. The van der Waals surface area contributed by atoms with Gasteiger partial charge in [0.1, 0.15) is 0 Å². The summed E-state index contributed by atoms with van der Waals surface area (Å²) in [6.45, 7) is 2.75. The van der Waals surface area contributed by atoms with Crippen LogP contribution in [0.1, 0.15) is 24.8 Å². The summed E-state index contributed by atoms with van der Waals surface area (Å²) in [6.07, 6.45) is 0.959. The Morgan fingerprint density at radius 2 is 1.85 bits per heavy atom. The Hall–Kier alpha value is -0.860. The molecule has 0 fully saturated rings. The SMILES string of the molecule is CC(CC(N)CN)c1ccccc1. The van der Waals surface area contributed by atoms with Crippen molar-refractivity contribution in [2.24, 2.45) is 11.5 Å². The maximum absolute atomic E-state index is 5.79. The van der Waals surface area contributed by atoms with Crippen LogP contribution in [0, 0.1) is 0 Å². The molecule has 0 saturated carbocycles. The van der Waals surface area contributed by atoms with Crippen LogP contribution in [0.3, 0.4) is 0 Å². The molecule has 72 valence electrons. The zero-order valence-corrected chi connectivity index (χ0v) is 8.11. The molecule has 0 amide bonds. The summed E-state index contributed by atoms with van der Waals surface area (Å²) in [5, 5.41) is 0. The first-order chi connectivity index (χ1) is 6.24. The molecule has 0 aliphatic heterocycles. The Morgan fingerprint density at radius 1 is 1.23 bits per heavy atom. The van der Waals surface area contributed by atoms with E-state index >= 15 is 0 Å². The van der Waals surface area contributed by atoms with Gasteiger partial charge in [-0.25, -0.2) is 0 Å². The molecule has 0 saturated heterocycles. The molecule has 2 atom stereocenters. The molecular formula is C11H18N2. The van der Waals surface area contributed by atoms with E-state index in [9.17, 15) is 0 Å². The van der Waals surface area contributed by atoms with Crippen LogP contribution < -0.4 is 11.5 Å². The quantitative estimate of drug-likeness (QED) is 0.733. The molecule has 1 rings (SSSR count). The van der Waals surface area contributed by atoms with Crippen LogP contribution in [-0.2, 0) is 0 Å². The molecule has 0 bridgehead atoms. The fraction of sp³-hybridized carbons (Fsp3) is 0.455. The predicted molar refractivity (Wildman–Crippen MR) is 56.5 cm³/mol. The van der Waals surface area contributed by atoms with E-state index in [0.29, 0.717) is 12.5 Å². The number of hydrogen-bond donors (Lipinski definition) is 2. The van der Waals surface area contributed by atoms with Crippen molar-refractivity contribution in [3.8, 4) is 0 Å². The molecule has 0 aliphatic rings. The van der Waals surface area contributed by atoms with Gasteiger partial charge in [-0.3, -0.25) is 0 Å². The van der Waals surface area contributed by atoms with Crippen molar-refractivity contribution in [3.63, 3.8) is 0 Å². The topological polar surface area (TPSA) is 52.0 Å². The predicted octanol–water partition coefficient (Wildman–Crippen LogP) is 1.47. The molecular weight excluding hydrogens is 160 g/mol. The molecule has 0 spiro atoms. The first-order valence-electron chi connectivity index (χ1n) is 4.74. The molecule has 2 nitrogen and oxygen atoms in total. The second kappa shape index (κ2) is 5.00. The highest BCUT2D eigenvalue weighted by atomic mass is 14.7. The summed E-state index contributed by atoms with van der Waals surface area (Å²) in [4.78, 5) is 0. The second-order valence-corrected chi connectivity index (χ2v) is 3.54. The lowest BCUT2D eigenvalue weighted by atomic mass is 9.94. The third kappa shape index (κ3) is 3.17. The number of hydrogen-bond acceptors (Lipinski definition) is 2. The van der Waals surface area contributed by atoms with E-state index in [-0.39, 0.29) is 6.04 Å². The highest BCUT2D eigenvalue weighted by molar-refractivity contribution is 5.18. The number of nitrogens with two attached hydrogens (primary N) is 2. The highest BCUT2D eigenvalue weighted by Crippen LogP contribution is 2.18. The van der Waals surface area contributed by atoms with Crippen molar-refractivity contribution in [2.45, 2.75) is 25.3 Å². The van der Waals surface area contributed by atoms with Gasteiger partial charge in [0.25, 0.3) is 0 Å². The minimum absolute atomic E-state index is 0.121. The smallest absolute Gasteiger partial charge is 0.0168 e. The first-order valence-corrected chi connectivity index (χ1v) is 4.74. The van der Waals surface area contributed by atoms with Gasteiger partial charge in [-0.05, 0) is 17.9 Å². The fourth-order valence-electron chi connectivity index (χ4n) is 1.47. The fourth-order valence-corrected chi connectivity index (χ4v) is 1.47. The average Bonchev–Trinajstić information content (AvgIpc) is 2.19. The van der Waals surface area contributed by atoms with Gasteiger partial charge in [0.2, 0.25) is 0 Å². The molecule has 1 aromatic carbocycles. The van der Waals surface area contributed by atoms with Crippen LogP contribution in [0.25, 0.3) is 0 Å². The largest absolute Gasteiger partial charge is 0.329 e. The molecule has 0 heterocycles. The maximum atomic E-state index is 5.79. The summed E-state index contributed by atoms with van der Waals surface area (Å²) < 4.78 is 0. The Labute approximate surface area is 79.9 Å². The third-order valence-corrected chi connectivity index (χ3v) is 2.33. The van der Waals surface area contributed by atoms with Crippen molar-refractivity contribution in [1.82, 2.24) is 0 Å². The van der Waals surface area contributed by atoms with Crippen LogP contribution in [-0.4, -0.2) is 12.6 Å². The molecule has 2 heteroatoms. The Balaban J connectivity index is 2.53. The van der Waals surface area contributed by atoms with E-state index in [0.717, 1.165) is 6.42 Å². The molecule has 0 aromatic heterocycles. The summed E-state index contributed by atoms with van der Waals surface area (Å²) in [6, 6.07) is 10.5. The molecule has 0 radical (unpaired) electrons. The zero-order chi connectivity index (χ0) is 9.68. The standard InChI is InChI=1S/C11H18N2/c1-9(7-11(13)8-12)10-5-3-2-4-6-10/h2-6,9,11H,7-8,12-13H2,1H3. The lowest BCUT2D eigenvalue weighted by Gasteiger charge is -2.15. The number of rotatable bonds is 4. The van der Waals surface area contributed by atoms with E-state index in [1.54, 1.807) is 0 Å². The van der Waals surface area contributed by atoms with Crippen molar-refractivity contribution in [3.05, 3.63) is 35.9 Å². The van der Waals surface area contributed by atoms with Gasteiger partial charge < -0.3 is 11.5 Å². The van der Waals surface area contributed by atoms with Gasteiger partial charge in [0.15, 0.2) is 0 Å². The van der Waals surface area contributed by atoms with E-state index < -0.39 is 0 Å². The lowest BCUT2D eigenvalue weighted by molar-refractivity contribution is 0.558. The molecule has 2 unspecified atom stereocenters. The summed E-state index contributed by atoms with van der Waals surface area (Å²) >= 11 is 0. The molecule has 1 aromatic rings. The Bertz CT molecular complexity index is 233. The maximum Gasteiger partial charge on any atom is 0.0168 e. The van der Waals surface area contributed by atoms with Crippen molar-refractivity contribution >= 4 is 0 Å². The van der Waals surface area contributed by atoms with Gasteiger partial charge in [0, 0.05) is 12.6 Å². The van der Waals surface area contributed by atoms with Crippen molar-refractivity contribution < 1.29 is 0 Å². The van der Waals surface area contributed by atoms with Crippen LogP contribution in [0.2, 0.25) is 0 Å². The summed E-state index contributed by atoms with van der Waals surface area (Å²) in [7, 11) is 0. The van der Waals surface area contributed by atoms with Crippen molar-refractivity contribution in [2.75, 3.05) is 6.54 Å². The summed E-state index contributed by atoms with van der Waals surface area (Å²) in [5.74, 6) is 0.500. The van der Waals surface area contributed by atoms with E-state index in [2.05, 4.69) is 31.2 Å². The molecule has 13 heavy (non-hydrogen) atoms. The van der Waals surface area contributed by atoms with Crippen LogP contribution in [0.5, 0.6) is 0 Å². The van der Waals surface area contributed by atoms with Gasteiger partial charge in [-0.1, -0.05) is 37.3 Å². The average molecular weight is 178 g/mol. The second-order valence-electron chi connectivity index (χ2n) is 3.54. The van der Waals surface area contributed by atoms with Gasteiger partial charge in [-0.2, -0.15) is 0 Å². The van der Waals surface area contributed by atoms with Gasteiger partial charge in [0.05, 0.1) is 0 Å². The van der Waals surface area contributed by atoms with Crippen LogP contribution >= 0.6 is 0 Å². The minimum atomic E-state index is 0.121. The van der Waals surface area contributed by atoms with E-state index in [1.807, 2.05) is 6.07 Å². The van der Waals surface area contributed by atoms with E-state index in [4.69, 9.17) is 11.5 Å². The monoisotopic (exact) mass is 178 g/mol. The zero-order valence-electron chi connectivity index (χ0n) is 8.11. The van der Waals surface area contributed by atoms with Crippen molar-refractivity contribution in [1.29, 1.82) is 0 Å². The Morgan fingerprint density at radius 3 is 2.38 bits per heavy atom. The first kappa shape index (κ1) is 10.2. The number of benzene rings is 1. The van der Waals surface area contributed by atoms with E-state index in [1.165, 1.54) is 5.56 Å². The minimum Gasteiger partial charge on any atom is -0.329 e. The van der Waals surface area contributed by atoms with Crippen LogP contribution in [0.15, 0.2) is 30.3 Å². The van der Waals surface area contributed by atoms with Gasteiger partial charge in [-0.15, -0.1) is 0 Å². The lowest BCUT2D eigenvalue weighted by Crippen LogP contribution is -2.30.